The van der Waals surface area contributed by atoms with E-state index in [0.29, 0.717) is 5.92 Å². The molecule has 0 spiro atoms. The summed E-state index contributed by atoms with van der Waals surface area (Å²) in [4.78, 5) is 12.4. The Hall–Kier alpha value is -1.62. The minimum atomic E-state index is -0.246. The molecule has 4 nitrogen and oxygen atoms in total. The third-order valence-electron chi connectivity index (χ3n) is 5.88. The minimum Gasteiger partial charge on any atom is -0.377 e. The summed E-state index contributed by atoms with van der Waals surface area (Å²) in [6.45, 7) is 5.07. The van der Waals surface area contributed by atoms with E-state index in [1.54, 1.807) is 6.07 Å². The molecule has 0 bridgehead atoms. The summed E-state index contributed by atoms with van der Waals surface area (Å²) >= 11 is 0. The van der Waals surface area contributed by atoms with Gasteiger partial charge in [0.1, 0.15) is 5.82 Å². The van der Waals surface area contributed by atoms with Gasteiger partial charge in [-0.25, -0.2) is 9.18 Å². The largest absolute Gasteiger partial charge is 0.377 e. The highest BCUT2D eigenvalue weighted by Gasteiger charge is 2.59. The first kappa shape index (κ1) is 14.9. The predicted molar refractivity (Wildman–Crippen MR) is 84.5 cm³/mol. The lowest BCUT2D eigenvalue weighted by Crippen LogP contribution is -2.67. The van der Waals surface area contributed by atoms with Crippen molar-refractivity contribution in [2.75, 3.05) is 6.61 Å². The number of carbonyl (C=O) groups excluding carboxylic acids is 1. The number of hydrogen-bond donors (Lipinski definition) is 2. The minimum absolute atomic E-state index is 0.0296. The van der Waals surface area contributed by atoms with Crippen LogP contribution in [-0.4, -0.2) is 24.8 Å². The van der Waals surface area contributed by atoms with E-state index < -0.39 is 0 Å². The molecule has 1 aliphatic heterocycles. The zero-order valence-electron chi connectivity index (χ0n) is 13.6. The van der Waals surface area contributed by atoms with Crippen LogP contribution in [0.1, 0.15) is 43.9 Å². The smallest absolute Gasteiger partial charge is 0.315 e. The Morgan fingerprint density at radius 1 is 1.30 bits per heavy atom. The van der Waals surface area contributed by atoms with Gasteiger partial charge in [0.15, 0.2) is 0 Å². The van der Waals surface area contributed by atoms with Crippen LogP contribution in [0.5, 0.6) is 0 Å². The Labute approximate surface area is 135 Å². The van der Waals surface area contributed by atoms with Gasteiger partial charge in [-0.15, -0.1) is 0 Å². The van der Waals surface area contributed by atoms with Gasteiger partial charge in [0.2, 0.25) is 0 Å². The Balaban J connectivity index is 1.41. The van der Waals surface area contributed by atoms with Crippen molar-refractivity contribution < 1.29 is 13.9 Å². The topological polar surface area (TPSA) is 50.4 Å². The van der Waals surface area contributed by atoms with Crippen LogP contribution in [0.4, 0.5) is 9.18 Å². The molecular weight excluding hydrogens is 295 g/mol. The van der Waals surface area contributed by atoms with Crippen LogP contribution in [0, 0.1) is 17.2 Å². The zero-order chi connectivity index (χ0) is 16.2. The van der Waals surface area contributed by atoms with Gasteiger partial charge in [-0.3, -0.25) is 0 Å². The highest BCUT2D eigenvalue weighted by atomic mass is 19.1. The fraction of sp³-hybridized carbons (Fsp3) is 0.611. The van der Waals surface area contributed by atoms with Gasteiger partial charge in [0.25, 0.3) is 0 Å². The van der Waals surface area contributed by atoms with Gasteiger partial charge in [0, 0.05) is 24.0 Å². The molecule has 2 aliphatic carbocycles. The molecule has 1 aromatic rings. The number of aryl methyl sites for hydroxylation is 1. The summed E-state index contributed by atoms with van der Waals surface area (Å²) in [6.07, 6.45) is 2.98. The number of hydrogen-bond acceptors (Lipinski definition) is 2. The van der Waals surface area contributed by atoms with Gasteiger partial charge in [-0.1, -0.05) is 19.9 Å². The summed E-state index contributed by atoms with van der Waals surface area (Å²) < 4.78 is 19.2. The fourth-order valence-corrected chi connectivity index (χ4v) is 4.68. The maximum atomic E-state index is 13.5. The molecule has 0 aromatic heterocycles. The molecule has 4 rings (SSSR count). The number of nitrogens with one attached hydrogen (secondary N) is 2. The molecule has 1 heterocycles. The van der Waals surface area contributed by atoms with Gasteiger partial charge < -0.3 is 15.4 Å². The second-order valence-electron chi connectivity index (χ2n) is 7.60. The Morgan fingerprint density at radius 3 is 2.96 bits per heavy atom. The van der Waals surface area contributed by atoms with Crippen molar-refractivity contribution in [1.82, 2.24) is 10.6 Å². The van der Waals surface area contributed by atoms with Crippen molar-refractivity contribution in [2.24, 2.45) is 11.3 Å². The van der Waals surface area contributed by atoms with Crippen molar-refractivity contribution in [1.29, 1.82) is 0 Å². The number of halogens is 1. The average Bonchev–Trinajstić information content (AvgIpc) is 3.11. The number of fused-ring (bicyclic) bond motifs is 2. The Bertz CT molecular complexity index is 646. The first-order valence-corrected chi connectivity index (χ1v) is 8.44. The molecular formula is C18H23FN2O2. The maximum Gasteiger partial charge on any atom is 0.315 e. The van der Waals surface area contributed by atoms with Crippen LogP contribution >= 0.6 is 0 Å². The van der Waals surface area contributed by atoms with Crippen LogP contribution in [0.3, 0.4) is 0 Å². The van der Waals surface area contributed by atoms with Crippen LogP contribution in [-0.2, 0) is 11.2 Å². The number of ether oxygens (including phenoxy) is 1. The van der Waals surface area contributed by atoms with E-state index in [2.05, 4.69) is 24.5 Å². The average molecular weight is 318 g/mol. The number of rotatable bonds is 2. The van der Waals surface area contributed by atoms with Crippen molar-refractivity contribution in [3.63, 3.8) is 0 Å². The Kier molecular flexibility index (Phi) is 3.38. The number of urea groups is 1. The standard InChI is InChI=1S/C18H23FN2O2/c1-18(2)15(12-7-8-23-16(12)18)21-17(22)20-14-6-4-10-3-5-11(19)9-13(10)14/h3,5,9,12,14-16H,4,6-8H2,1-2H3,(H2,20,21,22). The first-order valence-electron chi connectivity index (χ1n) is 8.44. The molecule has 4 atom stereocenters. The molecule has 124 valence electrons. The first-order chi connectivity index (χ1) is 11.0. The molecule has 3 aliphatic rings. The summed E-state index contributed by atoms with van der Waals surface area (Å²) in [7, 11) is 0. The molecule has 5 heteroatoms. The van der Waals surface area contributed by atoms with Crippen molar-refractivity contribution in [3.05, 3.63) is 35.1 Å². The molecule has 1 saturated carbocycles. The molecule has 2 N–H and O–H groups in total. The molecule has 1 aromatic carbocycles. The number of amides is 2. The number of benzene rings is 1. The summed E-state index contributed by atoms with van der Waals surface area (Å²) in [5, 5.41) is 6.15. The summed E-state index contributed by atoms with van der Waals surface area (Å²) in [5.41, 5.74) is 2.01. The van der Waals surface area contributed by atoms with E-state index in [9.17, 15) is 9.18 Å². The zero-order valence-corrected chi connectivity index (χ0v) is 13.6. The van der Waals surface area contributed by atoms with E-state index in [1.165, 1.54) is 6.07 Å². The van der Waals surface area contributed by atoms with E-state index in [4.69, 9.17) is 4.74 Å². The lowest BCUT2D eigenvalue weighted by atomic mass is 9.57. The molecule has 23 heavy (non-hydrogen) atoms. The molecule has 0 radical (unpaired) electrons. The van der Waals surface area contributed by atoms with Gasteiger partial charge in [0.05, 0.1) is 12.1 Å². The summed E-state index contributed by atoms with van der Waals surface area (Å²) in [5.74, 6) is 0.174. The molecule has 4 unspecified atom stereocenters. The second kappa shape index (κ2) is 5.20. The summed E-state index contributed by atoms with van der Waals surface area (Å²) in [6, 6.07) is 4.73. The van der Waals surface area contributed by atoms with E-state index in [0.717, 1.165) is 37.0 Å². The lowest BCUT2D eigenvalue weighted by Gasteiger charge is -2.54. The van der Waals surface area contributed by atoms with Gasteiger partial charge >= 0.3 is 6.03 Å². The van der Waals surface area contributed by atoms with E-state index in [-0.39, 0.29) is 35.5 Å². The highest BCUT2D eigenvalue weighted by molar-refractivity contribution is 5.75. The fourth-order valence-electron chi connectivity index (χ4n) is 4.68. The highest BCUT2D eigenvalue weighted by Crippen LogP contribution is 2.52. The second-order valence-corrected chi connectivity index (χ2v) is 7.60. The van der Waals surface area contributed by atoms with E-state index >= 15 is 0 Å². The van der Waals surface area contributed by atoms with Crippen molar-refractivity contribution >= 4 is 6.03 Å². The predicted octanol–water partition coefficient (Wildman–Crippen LogP) is 2.93. The monoisotopic (exact) mass is 318 g/mol. The normalized spacial score (nSPS) is 33.5. The third-order valence-corrected chi connectivity index (χ3v) is 5.88. The molecule has 2 fully saturated rings. The molecule has 1 saturated heterocycles. The van der Waals surface area contributed by atoms with Gasteiger partial charge in [-0.2, -0.15) is 0 Å². The Morgan fingerprint density at radius 2 is 2.13 bits per heavy atom. The lowest BCUT2D eigenvalue weighted by molar-refractivity contribution is -0.108. The SMILES string of the molecule is CC1(C)C(NC(=O)NC2CCc3ccc(F)cc32)C2CCOC21. The van der Waals surface area contributed by atoms with Crippen LogP contribution in [0.25, 0.3) is 0 Å². The quantitative estimate of drug-likeness (QED) is 0.881. The van der Waals surface area contributed by atoms with Crippen molar-refractivity contribution in [2.45, 2.75) is 51.3 Å². The van der Waals surface area contributed by atoms with Crippen LogP contribution < -0.4 is 10.6 Å². The van der Waals surface area contributed by atoms with Crippen LogP contribution in [0.15, 0.2) is 18.2 Å². The van der Waals surface area contributed by atoms with Crippen molar-refractivity contribution in [3.8, 4) is 0 Å². The van der Waals surface area contributed by atoms with Crippen LogP contribution in [0.2, 0.25) is 0 Å². The maximum absolute atomic E-state index is 13.5. The molecule has 2 amide bonds. The van der Waals surface area contributed by atoms with Gasteiger partial charge in [-0.05, 0) is 42.5 Å². The van der Waals surface area contributed by atoms with E-state index in [1.807, 2.05) is 6.07 Å². The number of carbonyl (C=O) groups is 1. The third kappa shape index (κ3) is 2.33.